The third-order valence-electron chi connectivity index (χ3n) is 0.850. The van der Waals surface area contributed by atoms with Gasteiger partial charge in [0.15, 0.2) is 0 Å². The highest BCUT2D eigenvalue weighted by molar-refractivity contribution is 5.50. The van der Waals surface area contributed by atoms with Crippen molar-refractivity contribution in [1.82, 2.24) is 0 Å². The van der Waals surface area contributed by atoms with Crippen LogP contribution in [0.15, 0.2) is 0 Å². The molecule has 0 aromatic carbocycles. The number of aldehydes is 1. The van der Waals surface area contributed by atoms with E-state index in [0.29, 0.717) is 6.61 Å². The summed E-state index contributed by atoms with van der Waals surface area (Å²) >= 11 is 0. The molecule has 0 radical (unpaired) electrons. The highest BCUT2D eigenvalue weighted by Crippen LogP contribution is 1.87. The maximum Gasteiger partial charge on any atom is 0.145 e. The van der Waals surface area contributed by atoms with Crippen LogP contribution < -0.4 is 0 Å². The van der Waals surface area contributed by atoms with Crippen LogP contribution in [-0.2, 0) is 14.3 Å². The van der Waals surface area contributed by atoms with Gasteiger partial charge in [-0.3, -0.25) is 0 Å². The lowest BCUT2D eigenvalue weighted by Crippen LogP contribution is -2.15. The number of rotatable bonds is 5. The minimum Gasteiger partial charge on any atom is -0.382 e. The van der Waals surface area contributed by atoms with Crippen LogP contribution in [0.3, 0.4) is 0 Å². The molecule has 0 aromatic heterocycles. The summed E-state index contributed by atoms with van der Waals surface area (Å²) < 4.78 is 9.70. The molecule has 0 aromatic rings. The van der Waals surface area contributed by atoms with Gasteiger partial charge in [0, 0.05) is 7.11 Å². The molecular formula is C6H12O3. The quantitative estimate of drug-likeness (QED) is 0.502. The Bertz CT molecular complexity index is 72.7. The predicted octanol–water partition coefficient (Wildman–Crippen LogP) is 0.237. The minimum absolute atomic E-state index is 0.0141. The molecule has 0 amide bonds. The molecule has 3 heteroatoms. The number of methoxy groups -OCH3 is 1. The van der Waals surface area contributed by atoms with Crippen LogP contribution in [-0.4, -0.2) is 32.7 Å². The fourth-order valence-corrected chi connectivity index (χ4v) is 0.486. The second kappa shape index (κ2) is 5.72. The molecule has 0 spiro atoms. The molecule has 0 N–H and O–H groups in total. The summed E-state index contributed by atoms with van der Waals surface area (Å²) in [5, 5.41) is 0. The lowest BCUT2D eigenvalue weighted by molar-refractivity contribution is -0.114. The number of carbonyl (C=O) groups is 1. The van der Waals surface area contributed by atoms with Crippen LogP contribution in [0.2, 0.25) is 0 Å². The molecule has 1 atom stereocenters. The summed E-state index contributed by atoms with van der Waals surface area (Å²) in [6.45, 7) is 2.55. The largest absolute Gasteiger partial charge is 0.382 e. The molecular weight excluding hydrogens is 120 g/mol. The lowest BCUT2D eigenvalue weighted by atomic mass is 10.4. The van der Waals surface area contributed by atoms with E-state index in [0.717, 1.165) is 6.29 Å². The van der Waals surface area contributed by atoms with E-state index in [1.807, 2.05) is 6.92 Å². The first-order valence-corrected chi connectivity index (χ1v) is 2.85. The molecule has 3 nitrogen and oxygen atoms in total. The van der Waals surface area contributed by atoms with Crippen LogP contribution in [0.25, 0.3) is 0 Å². The van der Waals surface area contributed by atoms with Crippen LogP contribution in [0.4, 0.5) is 0 Å². The maximum absolute atomic E-state index is 9.75. The van der Waals surface area contributed by atoms with Crippen molar-refractivity contribution in [2.75, 3.05) is 20.3 Å². The Morgan fingerprint density at radius 1 is 1.67 bits per heavy atom. The van der Waals surface area contributed by atoms with Gasteiger partial charge in [-0.05, 0) is 6.92 Å². The average Bonchev–Trinajstić information content (AvgIpc) is 1.85. The standard InChI is InChI=1S/C6H12O3/c1-6(5-8-2)9-4-3-7/h3,6H,4-5H2,1-2H3. The first-order chi connectivity index (χ1) is 4.31. The van der Waals surface area contributed by atoms with Gasteiger partial charge in [-0.25, -0.2) is 0 Å². The SMILES string of the molecule is COCC(C)OCC=O. The molecule has 0 fully saturated rings. The van der Waals surface area contributed by atoms with Gasteiger partial charge in [0.05, 0.1) is 12.7 Å². The van der Waals surface area contributed by atoms with Gasteiger partial charge < -0.3 is 14.3 Å². The van der Waals surface area contributed by atoms with Crippen LogP contribution >= 0.6 is 0 Å². The molecule has 0 saturated carbocycles. The second-order valence-corrected chi connectivity index (χ2v) is 1.77. The highest BCUT2D eigenvalue weighted by Gasteiger charge is 1.97. The second-order valence-electron chi connectivity index (χ2n) is 1.77. The Morgan fingerprint density at radius 3 is 2.78 bits per heavy atom. The first-order valence-electron chi connectivity index (χ1n) is 2.85. The van der Waals surface area contributed by atoms with E-state index in [4.69, 9.17) is 9.47 Å². The third-order valence-corrected chi connectivity index (χ3v) is 0.850. The average molecular weight is 132 g/mol. The Labute approximate surface area is 55.0 Å². The van der Waals surface area contributed by atoms with E-state index < -0.39 is 0 Å². The van der Waals surface area contributed by atoms with Crippen molar-refractivity contribution in [3.8, 4) is 0 Å². The number of hydrogen-bond acceptors (Lipinski definition) is 3. The smallest absolute Gasteiger partial charge is 0.145 e. The van der Waals surface area contributed by atoms with Crippen molar-refractivity contribution < 1.29 is 14.3 Å². The Hall–Kier alpha value is -0.410. The summed E-state index contributed by atoms with van der Waals surface area (Å²) in [4.78, 5) is 9.75. The Balaban J connectivity index is 3.04. The van der Waals surface area contributed by atoms with E-state index in [9.17, 15) is 4.79 Å². The zero-order valence-corrected chi connectivity index (χ0v) is 5.79. The normalized spacial score (nSPS) is 13.1. The predicted molar refractivity (Wildman–Crippen MR) is 33.4 cm³/mol. The number of hydrogen-bond donors (Lipinski definition) is 0. The molecule has 0 bridgehead atoms. The fourth-order valence-electron chi connectivity index (χ4n) is 0.486. The Morgan fingerprint density at radius 2 is 2.33 bits per heavy atom. The summed E-state index contributed by atoms with van der Waals surface area (Å²) in [5.41, 5.74) is 0. The summed E-state index contributed by atoms with van der Waals surface area (Å²) in [5.74, 6) is 0. The van der Waals surface area contributed by atoms with Crippen molar-refractivity contribution in [2.24, 2.45) is 0 Å². The molecule has 0 rings (SSSR count). The molecule has 54 valence electrons. The monoisotopic (exact) mass is 132 g/mol. The van der Waals surface area contributed by atoms with Crippen LogP contribution in [0.1, 0.15) is 6.92 Å². The van der Waals surface area contributed by atoms with Crippen LogP contribution in [0.5, 0.6) is 0 Å². The summed E-state index contributed by atoms with van der Waals surface area (Å²) in [7, 11) is 1.60. The van der Waals surface area contributed by atoms with Crippen molar-refractivity contribution in [3.63, 3.8) is 0 Å². The van der Waals surface area contributed by atoms with Crippen molar-refractivity contribution in [3.05, 3.63) is 0 Å². The molecule has 9 heavy (non-hydrogen) atoms. The van der Waals surface area contributed by atoms with Gasteiger partial charge in [-0.2, -0.15) is 0 Å². The molecule has 0 aliphatic heterocycles. The summed E-state index contributed by atoms with van der Waals surface area (Å²) in [6, 6.07) is 0. The topological polar surface area (TPSA) is 35.5 Å². The highest BCUT2D eigenvalue weighted by atomic mass is 16.5. The number of carbonyl (C=O) groups excluding carboxylic acids is 1. The zero-order chi connectivity index (χ0) is 7.11. The minimum atomic E-state index is 0.0141. The first kappa shape index (κ1) is 8.59. The van der Waals surface area contributed by atoms with Gasteiger partial charge in [0.2, 0.25) is 0 Å². The lowest BCUT2D eigenvalue weighted by Gasteiger charge is -2.07. The van der Waals surface area contributed by atoms with Gasteiger partial charge in [0.1, 0.15) is 12.9 Å². The van der Waals surface area contributed by atoms with Crippen LogP contribution in [0, 0.1) is 0 Å². The van der Waals surface area contributed by atoms with E-state index in [2.05, 4.69) is 0 Å². The van der Waals surface area contributed by atoms with E-state index >= 15 is 0 Å². The maximum atomic E-state index is 9.75. The van der Waals surface area contributed by atoms with Crippen molar-refractivity contribution >= 4 is 6.29 Å². The fraction of sp³-hybridized carbons (Fsp3) is 0.833. The van der Waals surface area contributed by atoms with Gasteiger partial charge >= 0.3 is 0 Å². The Kier molecular flexibility index (Phi) is 5.46. The zero-order valence-electron chi connectivity index (χ0n) is 5.79. The van der Waals surface area contributed by atoms with Gasteiger partial charge in [-0.15, -0.1) is 0 Å². The molecule has 0 saturated heterocycles. The summed E-state index contributed by atoms with van der Waals surface area (Å²) in [6.07, 6.45) is 0.742. The van der Waals surface area contributed by atoms with E-state index in [-0.39, 0.29) is 12.7 Å². The molecule has 1 unspecified atom stereocenters. The van der Waals surface area contributed by atoms with E-state index in [1.165, 1.54) is 0 Å². The number of ether oxygens (including phenoxy) is 2. The molecule has 0 aliphatic rings. The van der Waals surface area contributed by atoms with Gasteiger partial charge in [0.25, 0.3) is 0 Å². The third kappa shape index (κ3) is 5.46. The molecule has 0 heterocycles. The van der Waals surface area contributed by atoms with E-state index in [1.54, 1.807) is 7.11 Å². The van der Waals surface area contributed by atoms with Gasteiger partial charge in [-0.1, -0.05) is 0 Å². The van der Waals surface area contributed by atoms with Crippen molar-refractivity contribution in [2.45, 2.75) is 13.0 Å². The van der Waals surface area contributed by atoms with Crippen molar-refractivity contribution in [1.29, 1.82) is 0 Å². The molecule has 0 aliphatic carbocycles.